The van der Waals surface area contributed by atoms with Crippen molar-refractivity contribution in [2.75, 3.05) is 11.9 Å². The van der Waals surface area contributed by atoms with Crippen LogP contribution in [0.25, 0.3) is 10.9 Å². The minimum absolute atomic E-state index is 0.255. The van der Waals surface area contributed by atoms with Gasteiger partial charge in [-0.05, 0) is 31.0 Å². The molecule has 0 unspecified atom stereocenters. The molecule has 2 aromatic rings. The third-order valence-electron chi connectivity index (χ3n) is 4.07. The largest absolute Gasteiger partial charge is 0.478 e. The first-order valence-electron chi connectivity index (χ1n) is 6.87. The summed E-state index contributed by atoms with van der Waals surface area (Å²) >= 11 is 0. The van der Waals surface area contributed by atoms with E-state index in [-0.39, 0.29) is 5.56 Å². The number of carboxylic acid groups (broad SMARTS) is 1. The van der Waals surface area contributed by atoms with Crippen molar-refractivity contribution < 1.29 is 9.90 Å². The third kappa shape index (κ3) is 2.19. The number of carbonyl (C=O) groups is 1. The fraction of sp³-hybridized carbons (Fsp3) is 0.400. The molecule has 20 heavy (non-hydrogen) atoms. The third-order valence-corrected chi connectivity index (χ3v) is 4.07. The van der Waals surface area contributed by atoms with Gasteiger partial charge in [-0.25, -0.2) is 14.8 Å². The summed E-state index contributed by atoms with van der Waals surface area (Å²) in [7, 11) is 2.06. The van der Waals surface area contributed by atoms with Crippen molar-refractivity contribution in [1.82, 2.24) is 9.97 Å². The number of carboxylic acids is 1. The molecule has 0 radical (unpaired) electrons. The van der Waals surface area contributed by atoms with Gasteiger partial charge >= 0.3 is 5.97 Å². The summed E-state index contributed by atoms with van der Waals surface area (Å²) < 4.78 is 0. The van der Waals surface area contributed by atoms with Crippen LogP contribution in [0, 0.1) is 0 Å². The Morgan fingerprint density at radius 3 is 2.75 bits per heavy atom. The van der Waals surface area contributed by atoms with Gasteiger partial charge in [0.2, 0.25) is 0 Å². The summed E-state index contributed by atoms with van der Waals surface area (Å²) in [4.78, 5) is 21.8. The summed E-state index contributed by atoms with van der Waals surface area (Å²) in [6.45, 7) is 0. The Morgan fingerprint density at radius 1 is 1.30 bits per heavy atom. The average molecular weight is 271 g/mol. The van der Waals surface area contributed by atoms with Crippen molar-refractivity contribution in [3.05, 3.63) is 30.1 Å². The topological polar surface area (TPSA) is 66.3 Å². The molecule has 0 atom stereocenters. The molecule has 0 aliphatic heterocycles. The normalized spacial score (nSPS) is 15.7. The second-order valence-corrected chi connectivity index (χ2v) is 5.28. The zero-order chi connectivity index (χ0) is 14.1. The van der Waals surface area contributed by atoms with Gasteiger partial charge in [-0.15, -0.1) is 0 Å². The molecule has 1 aromatic carbocycles. The molecule has 104 valence electrons. The number of aromatic nitrogens is 2. The summed E-state index contributed by atoms with van der Waals surface area (Å²) in [5, 5.41) is 9.95. The molecular formula is C15H17N3O2. The molecule has 1 aliphatic rings. The molecule has 1 aliphatic carbocycles. The highest BCUT2D eigenvalue weighted by Crippen LogP contribution is 2.29. The molecule has 1 saturated carbocycles. The van der Waals surface area contributed by atoms with Gasteiger partial charge in [-0.2, -0.15) is 0 Å². The molecule has 1 aromatic heterocycles. The van der Waals surface area contributed by atoms with Gasteiger partial charge in [0.15, 0.2) is 0 Å². The summed E-state index contributed by atoms with van der Waals surface area (Å²) in [5.74, 6) is -0.0463. The zero-order valence-electron chi connectivity index (χ0n) is 11.4. The molecule has 0 saturated heterocycles. The number of anilines is 1. The number of benzene rings is 1. The van der Waals surface area contributed by atoms with E-state index in [0.717, 1.165) is 11.2 Å². The van der Waals surface area contributed by atoms with E-state index in [1.54, 1.807) is 18.2 Å². The van der Waals surface area contributed by atoms with Gasteiger partial charge in [-0.1, -0.05) is 12.8 Å². The van der Waals surface area contributed by atoms with E-state index in [9.17, 15) is 4.79 Å². The first-order valence-corrected chi connectivity index (χ1v) is 6.87. The summed E-state index contributed by atoms with van der Waals surface area (Å²) in [5.41, 5.74) is 0.936. The van der Waals surface area contributed by atoms with Crippen LogP contribution < -0.4 is 4.90 Å². The maximum absolute atomic E-state index is 11.0. The lowest BCUT2D eigenvalue weighted by Crippen LogP contribution is -2.29. The monoisotopic (exact) mass is 271 g/mol. The van der Waals surface area contributed by atoms with Crippen LogP contribution in [-0.4, -0.2) is 34.1 Å². The second kappa shape index (κ2) is 5.07. The molecule has 0 spiro atoms. The molecule has 5 nitrogen and oxygen atoms in total. The van der Waals surface area contributed by atoms with Crippen LogP contribution in [0.2, 0.25) is 0 Å². The Labute approximate surface area is 117 Å². The van der Waals surface area contributed by atoms with Gasteiger partial charge in [0, 0.05) is 18.5 Å². The van der Waals surface area contributed by atoms with E-state index in [0.29, 0.717) is 11.6 Å². The number of nitrogens with zero attached hydrogens (tertiary/aromatic N) is 3. The highest BCUT2D eigenvalue weighted by molar-refractivity contribution is 5.96. The summed E-state index contributed by atoms with van der Waals surface area (Å²) in [6, 6.07) is 5.54. The van der Waals surface area contributed by atoms with Crippen LogP contribution in [0.15, 0.2) is 24.5 Å². The van der Waals surface area contributed by atoms with Crippen molar-refractivity contribution >= 4 is 22.7 Å². The van der Waals surface area contributed by atoms with E-state index < -0.39 is 5.97 Å². The van der Waals surface area contributed by atoms with Crippen molar-refractivity contribution in [1.29, 1.82) is 0 Å². The molecule has 1 N–H and O–H groups in total. The molecule has 3 rings (SSSR count). The smallest absolute Gasteiger partial charge is 0.335 e. The minimum Gasteiger partial charge on any atom is -0.478 e. The maximum Gasteiger partial charge on any atom is 0.335 e. The lowest BCUT2D eigenvalue weighted by atomic mass is 10.1. The average Bonchev–Trinajstić information content (AvgIpc) is 2.99. The maximum atomic E-state index is 11.0. The molecular weight excluding hydrogens is 254 g/mol. The Morgan fingerprint density at radius 2 is 2.05 bits per heavy atom. The number of hydrogen-bond donors (Lipinski definition) is 1. The van der Waals surface area contributed by atoms with E-state index in [1.165, 1.54) is 32.0 Å². The highest BCUT2D eigenvalue weighted by atomic mass is 16.4. The number of rotatable bonds is 3. The van der Waals surface area contributed by atoms with Crippen molar-refractivity contribution in [2.24, 2.45) is 0 Å². The lowest BCUT2D eigenvalue weighted by molar-refractivity contribution is 0.0697. The highest BCUT2D eigenvalue weighted by Gasteiger charge is 2.22. The van der Waals surface area contributed by atoms with Gasteiger partial charge in [-0.3, -0.25) is 0 Å². The first kappa shape index (κ1) is 12.8. The standard InChI is InChI=1S/C15H17N3O2/c1-18(11-4-2-3-5-11)14-12-7-6-10(15(19)20)8-13(12)16-9-17-14/h6-9,11H,2-5H2,1H3,(H,19,20). The first-order chi connectivity index (χ1) is 9.66. The molecule has 0 bridgehead atoms. The quantitative estimate of drug-likeness (QED) is 0.929. The molecule has 0 amide bonds. The van der Waals surface area contributed by atoms with Crippen LogP contribution in [0.4, 0.5) is 5.82 Å². The lowest BCUT2D eigenvalue weighted by Gasteiger charge is -2.26. The van der Waals surface area contributed by atoms with E-state index in [1.807, 2.05) is 0 Å². The van der Waals surface area contributed by atoms with Crippen LogP contribution >= 0.6 is 0 Å². The van der Waals surface area contributed by atoms with E-state index >= 15 is 0 Å². The van der Waals surface area contributed by atoms with Gasteiger partial charge < -0.3 is 10.0 Å². The Balaban J connectivity index is 2.04. The molecule has 1 fully saturated rings. The van der Waals surface area contributed by atoms with Crippen molar-refractivity contribution in [3.8, 4) is 0 Å². The van der Waals surface area contributed by atoms with Crippen LogP contribution in [0.3, 0.4) is 0 Å². The fourth-order valence-electron chi connectivity index (χ4n) is 2.92. The molecule has 5 heteroatoms. The predicted octanol–water partition coefficient (Wildman–Crippen LogP) is 2.71. The Kier molecular flexibility index (Phi) is 3.26. The fourth-order valence-corrected chi connectivity index (χ4v) is 2.92. The van der Waals surface area contributed by atoms with E-state index in [4.69, 9.17) is 5.11 Å². The van der Waals surface area contributed by atoms with Gasteiger partial charge in [0.1, 0.15) is 12.1 Å². The minimum atomic E-state index is -0.934. The van der Waals surface area contributed by atoms with Crippen molar-refractivity contribution in [3.63, 3.8) is 0 Å². The van der Waals surface area contributed by atoms with Crippen LogP contribution in [0.5, 0.6) is 0 Å². The molecule has 1 heterocycles. The van der Waals surface area contributed by atoms with E-state index in [2.05, 4.69) is 21.9 Å². The zero-order valence-corrected chi connectivity index (χ0v) is 11.4. The number of hydrogen-bond acceptors (Lipinski definition) is 4. The van der Waals surface area contributed by atoms with Crippen LogP contribution in [-0.2, 0) is 0 Å². The Bertz CT molecular complexity index is 651. The van der Waals surface area contributed by atoms with Gasteiger partial charge in [0.05, 0.1) is 11.1 Å². The van der Waals surface area contributed by atoms with Crippen molar-refractivity contribution in [2.45, 2.75) is 31.7 Å². The van der Waals surface area contributed by atoms with Gasteiger partial charge in [0.25, 0.3) is 0 Å². The Hall–Kier alpha value is -2.17. The second-order valence-electron chi connectivity index (χ2n) is 5.28. The van der Waals surface area contributed by atoms with Crippen LogP contribution in [0.1, 0.15) is 36.0 Å². The number of fused-ring (bicyclic) bond motifs is 1. The SMILES string of the molecule is CN(c1ncnc2cc(C(=O)O)ccc12)C1CCCC1. The predicted molar refractivity (Wildman–Crippen MR) is 77.2 cm³/mol. The number of aromatic carboxylic acids is 1. The summed E-state index contributed by atoms with van der Waals surface area (Å²) in [6.07, 6.45) is 6.42.